The molecule has 1 aliphatic carbocycles. The Balaban J connectivity index is 0.000000173. The number of nitrogens with one attached hydrogen (secondary N) is 2. The molecule has 1 fully saturated rings. The molecule has 1 unspecified atom stereocenters. The van der Waals surface area contributed by atoms with E-state index in [9.17, 15) is 18.4 Å². The molecular formula is C29H35F2N3O2. The van der Waals surface area contributed by atoms with Gasteiger partial charge >= 0.3 is 0 Å². The van der Waals surface area contributed by atoms with Gasteiger partial charge in [-0.2, -0.15) is 0 Å². The fourth-order valence-electron chi connectivity index (χ4n) is 5.18. The van der Waals surface area contributed by atoms with Crippen LogP contribution in [0.15, 0.2) is 60.7 Å². The third-order valence-electron chi connectivity index (χ3n) is 7.09. The molecule has 2 amide bonds. The van der Waals surface area contributed by atoms with E-state index in [4.69, 9.17) is 0 Å². The van der Waals surface area contributed by atoms with E-state index in [-0.39, 0.29) is 31.1 Å². The Morgan fingerprint density at radius 2 is 1.69 bits per heavy atom. The zero-order valence-corrected chi connectivity index (χ0v) is 21.0. The van der Waals surface area contributed by atoms with Crippen molar-refractivity contribution in [3.05, 3.63) is 77.4 Å². The fourth-order valence-corrected chi connectivity index (χ4v) is 5.18. The van der Waals surface area contributed by atoms with E-state index in [0.717, 1.165) is 48.0 Å². The summed E-state index contributed by atoms with van der Waals surface area (Å²) in [4.78, 5) is 24.1. The number of amides is 2. The largest absolute Gasteiger partial charge is 0.359 e. The Labute approximate surface area is 212 Å². The highest BCUT2D eigenvalue weighted by atomic mass is 19.3. The van der Waals surface area contributed by atoms with Crippen LogP contribution in [0.2, 0.25) is 0 Å². The van der Waals surface area contributed by atoms with Crippen molar-refractivity contribution >= 4 is 28.3 Å². The molecule has 0 radical (unpaired) electrons. The maximum absolute atomic E-state index is 13.5. The minimum atomic E-state index is -2.68. The summed E-state index contributed by atoms with van der Waals surface area (Å²) in [7, 11) is 1.60. The highest BCUT2D eigenvalue weighted by Crippen LogP contribution is 2.44. The van der Waals surface area contributed by atoms with Crippen molar-refractivity contribution < 1.29 is 19.8 Å². The van der Waals surface area contributed by atoms with Crippen molar-refractivity contribution in [2.45, 2.75) is 51.0 Å². The maximum atomic E-state index is 13.5. The van der Waals surface area contributed by atoms with E-state index in [2.05, 4.69) is 22.8 Å². The van der Waals surface area contributed by atoms with Gasteiger partial charge in [0.25, 0.3) is 5.92 Å². The van der Waals surface area contributed by atoms with Crippen molar-refractivity contribution in [1.82, 2.24) is 10.6 Å². The minimum absolute atomic E-state index is 0. The van der Waals surface area contributed by atoms with E-state index in [1.54, 1.807) is 19.2 Å². The summed E-state index contributed by atoms with van der Waals surface area (Å²) in [6.07, 6.45) is 1.98. The summed E-state index contributed by atoms with van der Waals surface area (Å²) in [5.74, 6) is -2.37. The van der Waals surface area contributed by atoms with E-state index >= 15 is 0 Å². The topological polar surface area (TPSA) is 61.4 Å². The molecule has 6 rings (SSSR count). The molecule has 2 aliphatic heterocycles. The van der Waals surface area contributed by atoms with Crippen LogP contribution in [0, 0.1) is 0 Å². The lowest BCUT2D eigenvalue weighted by Crippen LogP contribution is -2.45. The molecule has 0 saturated carbocycles. The maximum Gasteiger partial charge on any atom is 0.277 e. The number of hydrogen-bond acceptors (Lipinski definition) is 3. The Bertz CT molecular complexity index is 1260. The number of nitrogens with zero attached hydrogens (tertiary/aromatic N) is 1. The van der Waals surface area contributed by atoms with Gasteiger partial charge in [0.05, 0.1) is 5.92 Å². The van der Waals surface area contributed by atoms with Gasteiger partial charge in [-0.1, -0.05) is 54.6 Å². The van der Waals surface area contributed by atoms with Crippen molar-refractivity contribution in [2.75, 3.05) is 25.0 Å². The third kappa shape index (κ3) is 5.12. The summed E-state index contributed by atoms with van der Waals surface area (Å²) in [6, 6.07) is 19.2. The van der Waals surface area contributed by atoms with Gasteiger partial charge in [0.2, 0.25) is 11.8 Å². The van der Waals surface area contributed by atoms with Gasteiger partial charge in [-0.05, 0) is 60.8 Å². The van der Waals surface area contributed by atoms with Crippen LogP contribution in [0.25, 0.3) is 10.8 Å². The highest BCUT2D eigenvalue weighted by Gasteiger charge is 2.40. The zero-order chi connectivity index (χ0) is 25.9. The molecule has 36 heavy (non-hydrogen) atoms. The smallest absolute Gasteiger partial charge is 0.277 e. The number of carbonyl (C=O) groups is 2. The first kappa shape index (κ1) is 25.8. The van der Waals surface area contributed by atoms with E-state index in [1.807, 2.05) is 42.2 Å². The molecule has 5 nitrogen and oxygen atoms in total. The van der Waals surface area contributed by atoms with Gasteiger partial charge < -0.3 is 15.5 Å². The first-order chi connectivity index (χ1) is 17.2. The number of rotatable bonds is 1. The summed E-state index contributed by atoms with van der Waals surface area (Å²) < 4.78 is 27.0. The van der Waals surface area contributed by atoms with Gasteiger partial charge in [0.1, 0.15) is 0 Å². The minimum Gasteiger partial charge on any atom is -0.359 e. The average molecular weight is 496 g/mol. The first-order valence-electron chi connectivity index (χ1n) is 12.4. The average Bonchev–Trinajstić information content (AvgIpc) is 3.31. The fraction of sp³-hybridized carbons (Fsp3) is 0.379. The van der Waals surface area contributed by atoms with Crippen molar-refractivity contribution in [1.29, 1.82) is 0 Å². The van der Waals surface area contributed by atoms with Gasteiger partial charge in [-0.25, -0.2) is 8.78 Å². The lowest BCUT2D eigenvalue weighted by atomic mass is 10.0. The zero-order valence-electron chi connectivity index (χ0n) is 21.0. The van der Waals surface area contributed by atoms with Crippen LogP contribution < -0.4 is 15.5 Å². The number of hydrogen-bond donors (Lipinski definition) is 2. The molecule has 2 N–H and O–H groups in total. The van der Waals surface area contributed by atoms with E-state index < -0.39 is 5.92 Å². The molecule has 192 valence electrons. The molecule has 0 spiro atoms. The molecule has 3 aliphatic rings. The van der Waals surface area contributed by atoms with Gasteiger partial charge in [0, 0.05) is 39.1 Å². The van der Waals surface area contributed by atoms with E-state index in [0.29, 0.717) is 6.04 Å². The molecule has 7 heteroatoms. The Kier molecular flexibility index (Phi) is 7.69. The monoisotopic (exact) mass is 495 g/mol. The molecule has 1 atom stereocenters. The molecule has 2 heterocycles. The van der Waals surface area contributed by atoms with Gasteiger partial charge in [-0.15, -0.1) is 0 Å². The van der Waals surface area contributed by atoms with Crippen LogP contribution in [0.1, 0.15) is 50.7 Å². The van der Waals surface area contributed by atoms with Crippen molar-refractivity contribution in [3.63, 3.8) is 0 Å². The molecule has 3 aromatic rings. The molecule has 1 saturated heterocycles. The van der Waals surface area contributed by atoms with Gasteiger partial charge in [-0.3, -0.25) is 9.59 Å². The summed E-state index contributed by atoms with van der Waals surface area (Å²) in [6.45, 7) is 5.53. The summed E-state index contributed by atoms with van der Waals surface area (Å²) >= 11 is 0. The predicted molar refractivity (Wildman–Crippen MR) is 142 cm³/mol. The Morgan fingerprint density at radius 3 is 2.36 bits per heavy atom. The predicted octanol–water partition coefficient (Wildman–Crippen LogP) is 5.37. The highest BCUT2D eigenvalue weighted by molar-refractivity contribution is 6.05. The number of fused-ring (bicyclic) bond motifs is 1. The van der Waals surface area contributed by atoms with E-state index in [1.165, 1.54) is 18.6 Å². The van der Waals surface area contributed by atoms with Crippen LogP contribution >= 0.6 is 0 Å². The molecular weight excluding hydrogens is 460 g/mol. The molecule has 3 aromatic carbocycles. The van der Waals surface area contributed by atoms with Crippen LogP contribution in [0.3, 0.4) is 0 Å². The normalized spacial score (nSPS) is 19.6. The Morgan fingerprint density at radius 1 is 1.06 bits per heavy atom. The second-order valence-electron chi connectivity index (χ2n) is 9.48. The SMILES string of the molecule is CC1C(=O)N(C2CCNCC2)c2ccccc21.CNC(C)=O.FC1(F)Cc2cccc3cccc1c23.[HH]. The first-order valence-corrected chi connectivity index (χ1v) is 12.4. The lowest BCUT2D eigenvalue weighted by molar-refractivity contribution is -0.120. The van der Waals surface area contributed by atoms with Crippen molar-refractivity contribution in [3.8, 4) is 0 Å². The molecule has 0 bridgehead atoms. The number of para-hydroxylation sites is 1. The number of anilines is 1. The lowest BCUT2D eigenvalue weighted by Gasteiger charge is -2.32. The van der Waals surface area contributed by atoms with Crippen molar-refractivity contribution in [2.24, 2.45) is 0 Å². The number of piperidine rings is 1. The van der Waals surface area contributed by atoms with Crippen LogP contribution in [0.5, 0.6) is 0 Å². The second kappa shape index (κ2) is 10.7. The Hall–Kier alpha value is -3.32. The van der Waals surface area contributed by atoms with Gasteiger partial charge in [0.15, 0.2) is 0 Å². The summed E-state index contributed by atoms with van der Waals surface area (Å²) in [5, 5.41) is 7.40. The number of halogens is 2. The second-order valence-corrected chi connectivity index (χ2v) is 9.48. The third-order valence-corrected chi connectivity index (χ3v) is 7.09. The summed E-state index contributed by atoms with van der Waals surface area (Å²) in [5.41, 5.74) is 3.28. The van der Waals surface area contributed by atoms with Crippen LogP contribution in [-0.4, -0.2) is 38.0 Å². The molecule has 0 aromatic heterocycles. The van der Waals surface area contributed by atoms with Crippen LogP contribution in [-0.2, 0) is 21.9 Å². The number of alkyl halides is 2. The number of benzene rings is 3. The number of carbonyl (C=O) groups excluding carboxylic acids is 2. The quantitative estimate of drug-likeness (QED) is 0.477. The standard InChI is InChI=1S/C14H18N2O.C12H8F2.C3H7NO.H2/c1-10-12-4-2-3-5-13(12)16(14(10)17)11-6-8-15-9-7-11;13-12(14)7-9-5-1-3-8-4-2-6-10(12)11(8)9;1-3(5)4-2;/h2-5,10-11,15H,6-9H2,1H3;1-6H,7H2;1-2H3,(H,4,5);1H. The van der Waals surface area contributed by atoms with Crippen LogP contribution in [0.4, 0.5) is 14.5 Å².